The Morgan fingerprint density at radius 1 is 0.963 bits per heavy atom. The summed E-state index contributed by atoms with van der Waals surface area (Å²) in [4.78, 5) is 35.6. The summed E-state index contributed by atoms with van der Waals surface area (Å²) in [5.74, 6) is 0.472. The quantitative estimate of drug-likeness (QED) is 0.354. The zero-order valence-corrected chi connectivity index (χ0v) is 17.3. The van der Waals surface area contributed by atoms with E-state index >= 15 is 0 Å². The highest BCUT2D eigenvalue weighted by molar-refractivity contribution is 7.66. The molecule has 0 radical (unpaired) electrons. The molecule has 1 heterocycles. The second kappa shape index (κ2) is 9.43. The first kappa shape index (κ1) is 23.6. The number of ether oxygens (including phenoxy) is 2. The molecule has 0 aromatic heterocycles. The van der Waals surface area contributed by atoms with Crippen molar-refractivity contribution in [3.63, 3.8) is 0 Å². The SMILES string of the molecule is C[C@H]1C[C@H](OCC2CCCC2)[C@@H](COP(=O)(O)OP(=O)(O)OP(=O)(O)O)O1. The van der Waals surface area contributed by atoms with Crippen LogP contribution in [0.1, 0.15) is 39.0 Å². The van der Waals surface area contributed by atoms with Gasteiger partial charge in [0.1, 0.15) is 6.10 Å². The number of phosphoric acid groups is 3. The van der Waals surface area contributed by atoms with E-state index in [4.69, 9.17) is 24.2 Å². The first-order valence-corrected chi connectivity index (χ1v) is 12.9. The molecule has 2 rings (SSSR count). The average molecular weight is 454 g/mol. The fraction of sp³-hybridized carbons (Fsp3) is 1.00. The van der Waals surface area contributed by atoms with Crippen LogP contribution in [-0.4, -0.2) is 51.1 Å². The number of hydrogen-bond acceptors (Lipinski definition) is 8. The van der Waals surface area contributed by atoms with Crippen LogP contribution in [-0.2, 0) is 36.3 Å². The van der Waals surface area contributed by atoms with Crippen molar-refractivity contribution < 1.29 is 55.9 Å². The minimum Gasteiger partial charge on any atom is -0.375 e. The van der Waals surface area contributed by atoms with Crippen LogP contribution in [0.15, 0.2) is 0 Å². The van der Waals surface area contributed by atoms with Crippen LogP contribution < -0.4 is 0 Å². The van der Waals surface area contributed by atoms with Crippen LogP contribution in [0.3, 0.4) is 0 Å². The zero-order chi connectivity index (χ0) is 20.3. The molecule has 2 unspecified atom stereocenters. The van der Waals surface area contributed by atoms with Crippen molar-refractivity contribution in [2.45, 2.75) is 57.3 Å². The van der Waals surface area contributed by atoms with Crippen molar-refractivity contribution >= 4 is 23.5 Å². The lowest BCUT2D eigenvalue weighted by atomic mass is 10.1. The van der Waals surface area contributed by atoms with Crippen molar-refractivity contribution in [3.05, 3.63) is 0 Å². The van der Waals surface area contributed by atoms with Gasteiger partial charge in [0.15, 0.2) is 0 Å². The summed E-state index contributed by atoms with van der Waals surface area (Å²) < 4.78 is 57.1. The maximum Gasteiger partial charge on any atom is 0.490 e. The fourth-order valence-corrected chi connectivity index (χ4v) is 6.18. The van der Waals surface area contributed by atoms with Crippen LogP contribution in [0.5, 0.6) is 0 Å². The highest BCUT2D eigenvalue weighted by atomic mass is 31.3. The van der Waals surface area contributed by atoms with Gasteiger partial charge >= 0.3 is 23.5 Å². The van der Waals surface area contributed by atoms with E-state index in [9.17, 15) is 18.6 Å². The molecule has 12 nitrogen and oxygen atoms in total. The molecule has 1 aliphatic carbocycles. The van der Waals surface area contributed by atoms with Gasteiger partial charge in [-0.15, -0.1) is 0 Å². The van der Waals surface area contributed by atoms with Gasteiger partial charge in [-0.1, -0.05) is 12.8 Å². The molecular formula is C12H25O12P3. The Bertz CT molecular complexity index is 629. The van der Waals surface area contributed by atoms with Crippen molar-refractivity contribution in [1.82, 2.24) is 0 Å². The van der Waals surface area contributed by atoms with E-state index in [0.717, 1.165) is 12.8 Å². The van der Waals surface area contributed by atoms with E-state index in [1.807, 2.05) is 0 Å². The molecular weight excluding hydrogens is 429 g/mol. The van der Waals surface area contributed by atoms with E-state index in [-0.39, 0.29) is 12.2 Å². The standard InChI is InChI=1S/C12H25O12P3/c1-9-6-11(20-7-10-4-2-3-5-10)12(22-9)8-21-26(16,17)24-27(18,19)23-25(13,14)15/h9-12H,2-8H2,1H3,(H,16,17)(H,18,19)(H2,13,14,15)/t9-,11-,12+/m0/s1. The second-order valence-electron chi connectivity index (χ2n) is 6.63. The van der Waals surface area contributed by atoms with E-state index in [2.05, 4.69) is 13.1 Å². The van der Waals surface area contributed by atoms with Gasteiger partial charge < -0.3 is 29.0 Å². The monoisotopic (exact) mass is 454 g/mol. The van der Waals surface area contributed by atoms with Gasteiger partial charge in [-0.3, -0.25) is 4.52 Å². The lowest BCUT2D eigenvalue weighted by molar-refractivity contribution is -0.0505. The van der Waals surface area contributed by atoms with Gasteiger partial charge in [0.2, 0.25) is 0 Å². The Kier molecular flexibility index (Phi) is 8.24. The first-order chi connectivity index (χ1) is 12.4. The molecule has 5 atom stereocenters. The van der Waals surface area contributed by atoms with E-state index in [0.29, 0.717) is 18.9 Å². The van der Waals surface area contributed by atoms with E-state index < -0.39 is 36.2 Å². The summed E-state index contributed by atoms with van der Waals surface area (Å²) in [5.41, 5.74) is 0. The van der Waals surface area contributed by atoms with Gasteiger partial charge in [0.05, 0.1) is 18.8 Å². The molecule has 2 aliphatic rings. The van der Waals surface area contributed by atoms with Gasteiger partial charge in [-0.05, 0) is 25.7 Å². The molecule has 27 heavy (non-hydrogen) atoms. The Morgan fingerprint density at radius 3 is 2.19 bits per heavy atom. The van der Waals surface area contributed by atoms with Crippen LogP contribution >= 0.6 is 23.5 Å². The number of rotatable bonds is 10. The van der Waals surface area contributed by atoms with Gasteiger partial charge in [0.25, 0.3) is 0 Å². The highest BCUT2D eigenvalue weighted by Crippen LogP contribution is 2.66. The predicted octanol–water partition coefficient (Wildman–Crippen LogP) is 2.08. The van der Waals surface area contributed by atoms with Gasteiger partial charge in [0, 0.05) is 13.0 Å². The van der Waals surface area contributed by atoms with Gasteiger partial charge in [-0.2, -0.15) is 8.62 Å². The predicted molar refractivity (Wildman–Crippen MR) is 90.5 cm³/mol. The molecule has 1 saturated heterocycles. The molecule has 0 aromatic carbocycles. The van der Waals surface area contributed by atoms with Crippen molar-refractivity contribution in [2.24, 2.45) is 5.92 Å². The maximum absolute atomic E-state index is 11.8. The van der Waals surface area contributed by atoms with Crippen molar-refractivity contribution in [3.8, 4) is 0 Å². The molecule has 1 aliphatic heterocycles. The Balaban J connectivity index is 1.85. The molecule has 0 spiro atoms. The molecule has 15 heteroatoms. The number of hydrogen-bond donors (Lipinski definition) is 4. The van der Waals surface area contributed by atoms with Crippen LogP contribution in [0.2, 0.25) is 0 Å². The average Bonchev–Trinajstić information content (AvgIpc) is 3.08. The van der Waals surface area contributed by atoms with Crippen molar-refractivity contribution in [1.29, 1.82) is 0 Å². The Hall–Kier alpha value is 0.330. The van der Waals surface area contributed by atoms with E-state index in [1.165, 1.54) is 12.8 Å². The molecule has 0 amide bonds. The summed E-state index contributed by atoms with van der Waals surface area (Å²) in [6.45, 7) is 1.87. The lowest BCUT2D eigenvalue weighted by Crippen LogP contribution is -2.30. The Labute approximate surface area is 156 Å². The summed E-state index contributed by atoms with van der Waals surface area (Å²) in [6.07, 6.45) is 3.82. The van der Waals surface area contributed by atoms with E-state index in [1.54, 1.807) is 6.92 Å². The summed E-state index contributed by atoms with van der Waals surface area (Å²) in [5, 5.41) is 0. The molecule has 2 fully saturated rings. The lowest BCUT2D eigenvalue weighted by Gasteiger charge is -2.22. The minimum absolute atomic E-state index is 0.173. The second-order valence-corrected chi connectivity index (χ2v) is 11.0. The largest absolute Gasteiger partial charge is 0.490 e. The van der Waals surface area contributed by atoms with Gasteiger partial charge in [-0.25, -0.2) is 13.7 Å². The first-order valence-electron chi connectivity index (χ1n) is 8.41. The third kappa shape index (κ3) is 8.70. The smallest absolute Gasteiger partial charge is 0.375 e. The van der Waals surface area contributed by atoms with Crippen LogP contribution in [0.4, 0.5) is 0 Å². The third-order valence-electron chi connectivity index (χ3n) is 4.22. The summed E-state index contributed by atoms with van der Waals surface area (Å²) in [6, 6.07) is 0. The zero-order valence-electron chi connectivity index (χ0n) is 14.7. The van der Waals surface area contributed by atoms with Crippen molar-refractivity contribution in [2.75, 3.05) is 13.2 Å². The molecule has 4 N–H and O–H groups in total. The fourth-order valence-electron chi connectivity index (χ4n) is 3.15. The molecule has 0 aromatic rings. The highest BCUT2D eigenvalue weighted by Gasteiger charge is 2.42. The third-order valence-corrected chi connectivity index (χ3v) is 8.03. The molecule has 0 bridgehead atoms. The molecule has 160 valence electrons. The summed E-state index contributed by atoms with van der Waals surface area (Å²) >= 11 is 0. The topological polar surface area (TPSA) is 178 Å². The summed E-state index contributed by atoms with van der Waals surface area (Å²) in [7, 11) is -16.1. The van der Waals surface area contributed by atoms with Crippen LogP contribution in [0.25, 0.3) is 0 Å². The normalized spacial score (nSPS) is 31.7. The number of phosphoric ester groups is 1. The minimum atomic E-state index is -5.52. The molecule has 1 saturated carbocycles. The Morgan fingerprint density at radius 2 is 1.59 bits per heavy atom. The van der Waals surface area contributed by atoms with Crippen LogP contribution in [0, 0.1) is 5.92 Å². The maximum atomic E-state index is 11.8.